The standard InChI is InChI=1S/C34H31IN2O3S/c1-39-30-20-23(19-29(35)32(30)40-22-25-13-10-12-24-11-8-9-18-28(24)25)21-31-33(38)37(27-16-6-3-7-17-27)34(41-31)36-26-14-4-2-5-15-26/h2,4-5,8-15,18-21,27H,3,6-7,16-17,22H2,1H3. The van der Waals surface area contributed by atoms with E-state index in [4.69, 9.17) is 14.5 Å². The van der Waals surface area contributed by atoms with Crippen LogP contribution in [0.1, 0.15) is 43.2 Å². The monoisotopic (exact) mass is 674 g/mol. The number of fused-ring (bicyclic) bond motifs is 1. The molecule has 2 fully saturated rings. The van der Waals surface area contributed by atoms with Crippen molar-refractivity contribution in [1.29, 1.82) is 0 Å². The number of nitrogens with zero attached hydrogens (tertiary/aromatic N) is 2. The number of aliphatic imine (C=N–C) groups is 1. The van der Waals surface area contributed by atoms with E-state index in [0.29, 0.717) is 23.0 Å². The van der Waals surface area contributed by atoms with Gasteiger partial charge in [-0.2, -0.15) is 0 Å². The zero-order chi connectivity index (χ0) is 28.2. The molecule has 0 aromatic heterocycles. The zero-order valence-corrected chi connectivity index (χ0v) is 25.9. The van der Waals surface area contributed by atoms with Gasteiger partial charge in [0.25, 0.3) is 5.91 Å². The Balaban J connectivity index is 1.28. The lowest BCUT2D eigenvalue weighted by molar-refractivity contribution is -0.124. The van der Waals surface area contributed by atoms with E-state index in [-0.39, 0.29) is 11.9 Å². The van der Waals surface area contributed by atoms with E-state index < -0.39 is 0 Å². The second-order valence-electron chi connectivity index (χ2n) is 10.3. The molecule has 5 nitrogen and oxygen atoms in total. The summed E-state index contributed by atoms with van der Waals surface area (Å²) < 4.78 is 13.0. The second kappa shape index (κ2) is 12.7. The van der Waals surface area contributed by atoms with Gasteiger partial charge < -0.3 is 9.47 Å². The van der Waals surface area contributed by atoms with Crippen molar-refractivity contribution in [2.24, 2.45) is 4.99 Å². The molecule has 208 valence electrons. The molecule has 7 heteroatoms. The average molecular weight is 675 g/mol. The summed E-state index contributed by atoms with van der Waals surface area (Å²) >= 11 is 3.74. The van der Waals surface area contributed by atoms with Crippen LogP contribution in [0, 0.1) is 3.57 Å². The molecule has 4 aromatic rings. The highest BCUT2D eigenvalue weighted by molar-refractivity contribution is 14.1. The van der Waals surface area contributed by atoms with Crippen LogP contribution in [-0.4, -0.2) is 29.1 Å². The van der Waals surface area contributed by atoms with E-state index in [9.17, 15) is 4.79 Å². The molecule has 6 rings (SSSR count). The zero-order valence-electron chi connectivity index (χ0n) is 22.9. The smallest absolute Gasteiger partial charge is 0.267 e. The van der Waals surface area contributed by atoms with Gasteiger partial charge in [0.05, 0.1) is 21.3 Å². The first-order valence-corrected chi connectivity index (χ1v) is 15.8. The van der Waals surface area contributed by atoms with Crippen molar-refractivity contribution in [2.75, 3.05) is 7.11 Å². The van der Waals surface area contributed by atoms with Gasteiger partial charge in [0, 0.05) is 6.04 Å². The fourth-order valence-electron chi connectivity index (χ4n) is 5.52. The Bertz CT molecular complexity index is 1620. The Morgan fingerprint density at radius 2 is 1.73 bits per heavy atom. The number of carbonyl (C=O) groups is 1. The summed E-state index contributed by atoms with van der Waals surface area (Å²) in [6.45, 7) is 0.429. The number of ether oxygens (including phenoxy) is 2. The van der Waals surface area contributed by atoms with Crippen LogP contribution < -0.4 is 9.47 Å². The summed E-state index contributed by atoms with van der Waals surface area (Å²) in [6.07, 6.45) is 7.50. The van der Waals surface area contributed by atoms with Crippen molar-refractivity contribution in [1.82, 2.24) is 4.90 Å². The highest BCUT2D eigenvalue weighted by Crippen LogP contribution is 2.40. The molecule has 4 aromatic carbocycles. The van der Waals surface area contributed by atoms with Crippen molar-refractivity contribution in [3.63, 3.8) is 0 Å². The number of hydrogen-bond donors (Lipinski definition) is 0. The molecule has 1 saturated carbocycles. The molecule has 1 aliphatic carbocycles. The highest BCUT2D eigenvalue weighted by atomic mass is 127. The van der Waals surface area contributed by atoms with Crippen LogP contribution in [0.15, 0.2) is 94.8 Å². The van der Waals surface area contributed by atoms with Crippen LogP contribution in [0.25, 0.3) is 16.8 Å². The van der Waals surface area contributed by atoms with Gasteiger partial charge in [-0.05, 0) is 99.4 Å². The molecule has 1 aliphatic heterocycles. The minimum Gasteiger partial charge on any atom is -0.493 e. The molecule has 0 spiro atoms. The molecule has 1 saturated heterocycles. The Kier molecular flexibility index (Phi) is 8.62. The third kappa shape index (κ3) is 6.16. The molecular formula is C34H31IN2O3S. The molecule has 0 N–H and O–H groups in total. The maximum absolute atomic E-state index is 13.8. The number of halogens is 1. The molecule has 1 heterocycles. The predicted octanol–water partition coefficient (Wildman–Crippen LogP) is 8.97. The van der Waals surface area contributed by atoms with E-state index >= 15 is 0 Å². The molecule has 2 aliphatic rings. The topological polar surface area (TPSA) is 51.1 Å². The maximum Gasteiger partial charge on any atom is 0.267 e. The third-order valence-electron chi connectivity index (χ3n) is 7.56. The third-order valence-corrected chi connectivity index (χ3v) is 9.34. The number of rotatable bonds is 7. The van der Waals surface area contributed by atoms with Crippen molar-refractivity contribution in [3.05, 3.63) is 105 Å². The van der Waals surface area contributed by atoms with Crippen LogP contribution >= 0.6 is 34.4 Å². The maximum atomic E-state index is 13.8. The van der Waals surface area contributed by atoms with Gasteiger partial charge in [0.1, 0.15) is 6.61 Å². The normalized spacial score (nSPS) is 18.0. The summed E-state index contributed by atoms with van der Waals surface area (Å²) in [5, 5.41) is 3.13. The average Bonchev–Trinajstić information content (AvgIpc) is 3.30. The fourth-order valence-corrected chi connectivity index (χ4v) is 7.36. The molecule has 0 bridgehead atoms. The number of thioether (sulfide) groups is 1. The van der Waals surface area contributed by atoms with Crippen LogP contribution in [0.4, 0.5) is 5.69 Å². The van der Waals surface area contributed by atoms with Crippen LogP contribution in [-0.2, 0) is 11.4 Å². The fraction of sp³-hybridized carbons (Fsp3) is 0.235. The lowest BCUT2D eigenvalue weighted by Gasteiger charge is -2.30. The quantitative estimate of drug-likeness (QED) is 0.145. The van der Waals surface area contributed by atoms with Gasteiger partial charge >= 0.3 is 0 Å². The van der Waals surface area contributed by atoms with Gasteiger partial charge in [-0.3, -0.25) is 9.69 Å². The van der Waals surface area contributed by atoms with E-state index in [2.05, 4.69) is 52.9 Å². The van der Waals surface area contributed by atoms with Gasteiger partial charge in [0.2, 0.25) is 0 Å². The van der Waals surface area contributed by atoms with E-state index in [1.165, 1.54) is 29.0 Å². The molecular weight excluding hydrogens is 643 g/mol. The van der Waals surface area contributed by atoms with Crippen LogP contribution in [0.2, 0.25) is 0 Å². The van der Waals surface area contributed by atoms with Crippen molar-refractivity contribution >= 4 is 68.0 Å². The Labute approximate surface area is 258 Å². The van der Waals surface area contributed by atoms with E-state index in [1.807, 2.05) is 65.6 Å². The Morgan fingerprint density at radius 1 is 0.976 bits per heavy atom. The highest BCUT2D eigenvalue weighted by Gasteiger charge is 2.38. The summed E-state index contributed by atoms with van der Waals surface area (Å²) in [4.78, 5) is 21.3. The summed E-state index contributed by atoms with van der Waals surface area (Å²) in [5.74, 6) is 1.37. The van der Waals surface area contributed by atoms with E-state index in [1.54, 1.807) is 7.11 Å². The Morgan fingerprint density at radius 3 is 2.54 bits per heavy atom. The van der Waals surface area contributed by atoms with Crippen molar-refractivity contribution in [2.45, 2.75) is 44.8 Å². The lowest BCUT2D eigenvalue weighted by atomic mass is 9.94. The largest absolute Gasteiger partial charge is 0.493 e. The summed E-state index contributed by atoms with van der Waals surface area (Å²) in [6, 6.07) is 28.6. The number of hydrogen-bond acceptors (Lipinski definition) is 5. The number of amides is 1. The van der Waals surface area contributed by atoms with Gasteiger partial charge in [-0.25, -0.2) is 4.99 Å². The SMILES string of the molecule is COc1cc(C=C2SC(=Nc3ccccc3)N(C3CCCCC3)C2=O)cc(I)c1OCc1cccc2ccccc12. The predicted molar refractivity (Wildman–Crippen MR) is 177 cm³/mol. The van der Waals surface area contributed by atoms with Crippen molar-refractivity contribution < 1.29 is 14.3 Å². The lowest BCUT2D eigenvalue weighted by Crippen LogP contribution is -2.40. The van der Waals surface area contributed by atoms with Gasteiger partial charge in [-0.15, -0.1) is 0 Å². The van der Waals surface area contributed by atoms with Crippen LogP contribution in [0.3, 0.4) is 0 Å². The van der Waals surface area contributed by atoms with Crippen molar-refractivity contribution in [3.8, 4) is 11.5 Å². The first kappa shape index (κ1) is 27.8. The van der Waals surface area contributed by atoms with Crippen LogP contribution in [0.5, 0.6) is 11.5 Å². The minimum atomic E-state index is 0.0295. The molecule has 1 amide bonds. The Hall–Kier alpha value is -3.30. The molecule has 41 heavy (non-hydrogen) atoms. The van der Waals surface area contributed by atoms with Gasteiger partial charge in [0.15, 0.2) is 16.7 Å². The number of para-hydroxylation sites is 1. The summed E-state index contributed by atoms with van der Waals surface area (Å²) in [5.41, 5.74) is 2.87. The number of amidine groups is 1. The summed E-state index contributed by atoms with van der Waals surface area (Å²) in [7, 11) is 1.65. The number of benzene rings is 4. The van der Waals surface area contributed by atoms with E-state index in [0.717, 1.165) is 51.2 Å². The minimum absolute atomic E-state index is 0.0295. The number of carbonyl (C=O) groups excluding carboxylic acids is 1. The number of methoxy groups -OCH3 is 1. The first-order chi connectivity index (χ1) is 20.1. The first-order valence-electron chi connectivity index (χ1n) is 13.9. The molecule has 0 unspecified atom stereocenters. The van der Waals surface area contributed by atoms with Gasteiger partial charge in [-0.1, -0.05) is 79.9 Å². The second-order valence-corrected chi connectivity index (χ2v) is 12.4. The molecule has 0 atom stereocenters. The molecule has 0 radical (unpaired) electrons.